The molecule has 0 bridgehead atoms. The van der Waals surface area contributed by atoms with Gasteiger partial charge in [0.25, 0.3) is 0 Å². The molecule has 0 spiro atoms. The van der Waals surface area contributed by atoms with Crippen LogP contribution < -0.4 is 5.32 Å². The Kier molecular flexibility index (Phi) is 4.37. The van der Waals surface area contributed by atoms with E-state index in [0.29, 0.717) is 18.9 Å². The van der Waals surface area contributed by atoms with Crippen molar-refractivity contribution in [1.82, 2.24) is 4.98 Å². The molecule has 1 aliphatic rings. The summed E-state index contributed by atoms with van der Waals surface area (Å²) >= 11 is 0. The molecule has 1 aromatic rings. The highest BCUT2D eigenvalue weighted by atomic mass is 16.5. The summed E-state index contributed by atoms with van der Waals surface area (Å²) in [6.45, 7) is 3.22. The number of hydrogen-bond acceptors (Lipinski definition) is 4. The zero-order valence-electron chi connectivity index (χ0n) is 11.2. The molecule has 5 nitrogen and oxygen atoms in total. The Morgan fingerprint density at radius 3 is 2.95 bits per heavy atom. The van der Waals surface area contributed by atoms with Gasteiger partial charge in [-0.15, -0.1) is 0 Å². The number of rotatable bonds is 6. The molecule has 1 fully saturated rings. The molecule has 2 N–H and O–H groups in total. The van der Waals surface area contributed by atoms with Gasteiger partial charge >= 0.3 is 0 Å². The Balaban J connectivity index is 1.99. The SMILES string of the molecule is CCOCCC1(C(=O)Nc2ccncc2O)CCC1. The number of pyridine rings is 1. The van der Waals surface area contributed by atoms with Gasteiger partial charge in [-0.2, -0.15) is 0 Å². The summed E-state index contributed by atoms with van der Waals surface area (Å²) in [4.78, 5) is 16.2. The van der Waals surface area contributed by atoms with Gasteiger partial charge < -0.3 is 15.2 Å². The van der Waals surface area contributed by atoms with Crippen LogP contribution >= 0.6 is 0 Å². The molecule has 0 aromatic carbocycles. The summed E-state index contributed by atoms with van der Waals surface area (Å²) in [6, 6.07) is 1.60. The molecule has 0 unspecified atom stereocenters. The van der Waals surface area contributed by atoms with Crippen molar-refractivity contribution in [3.05, 3.63) is 18.5 Å². The van der Waals surface area contributed by atoms with E-state index in [1.54, 1.807) is 12.3 Å². The minimum absolute atomic E-state index is 0.00451. The van der Waals surface area contributed by atoms with Crippen molar-refractivity contribution >= 4 is 11.6 Å². The van der Waals surface area contributed by atoms with Gasteiger partial charge in [-0.25, -0.2) is 0 Å². The lowest BCUT2D eigenvalue weighted by Crippen LogP contribution is -2.42. The molecule has 1 heterocycles. The van der Waals surface area contributed by atoms with Crippen LogP contribution in [0.1, 0.15) is 32.6 Å². The quantitative estimate of drug-likeness (QED) is 0.773. The van der Waals surface area contributed by atoms with E-state index in [1.165, 1.54) is 6.20 Å². The van der Waals surface area contributed by atoms with Crippen LogP contribution in [0.25, 0.3) is 0 Å². The first kappa shape index (κ1) is 13.8. The molecule has 5 heteroatoms. The highest BCUT2D eigenvalue weighted by molar-refractivity contribution is 5.96. The van der Waals surface area contributed by atoms with Crippen LogP contribution in [0.2, 0.25) is 0 Å². The van der Waals surface area contributed by atoms with Crippen molar-refractivity contribution in [3.8, 4) is 5.75 Å². The summed E-state index contributed by atoms with van der Waals surface area (Å²) in [7, 11) is 0. The predicted molar refractivity (Wildman–Crippen MR) is 71.9 cm³/mol. The first-order valence-electron chi connectivity index (χ1n) is 6.70. The fraction of sp³-hybridized carbons (Fsp3) is 0.571. The van der Waals surface area contributed by atoms with Crippen molar-refractivity contribution in [2.24, 2.45) is 5.41 Å². The van der Waals surface area contributed by atoms with Gasteiger partial charge in [-0.1, -0.05) is 6.42 Å². The number of ether oxygens (including phenoxy) is 1. The third-order valence-electron chi connectivity index (χ3n) is 3.77. The molecule has 0 saturated heterocycles. The molecule has 0 atom stereocenters. The molecule has 1 amide bonds. The van der Waals surface area contributed by atoms with Crippen molar-refractivity contribution in [2.45, 2.75) is 32.6 Å². The average Bonchev–Trinajstić information content (AvgIpc) is 2.35. The lowest BCUT2D eigenvalue weighted by atomic mass is 9.66. The molecule has 19 heavy (non-hydrogen) atoms. The van der Waals surface area contributed by atoms with E-state index >= 15 is 0 Å². The Bertz CT molecular complexity index is 444. The van der Waals surface area contributed by atoms with Crippen LogP contribution in [0, 0.1) is 5.41 Å². The molecule has 2 rings (SSSR count). The molecule has 104 valence electrons. The van der Waals surface area contributed by atoms with Gasteiger partial charge in [-0.3, -0.25) is 9.78 Å². The van der Waals surface area contributed by atoms with E-state index in [9.17, 15) is 9.90 Å². The standard InChI is InChI=1S/C14H20N2O3/c1-2-19-9-7-14(5-3-6-14)13(18)16-11-4-8-15-10-12(11)17/h4,8,10,17H,2-3,5-7,9H2,1H3,(H,15,16,18). The maximum absolute atomic E-state index is 12.4. The predicted octanol–water partition coefficient (Wildman–Crippen LogP) is 2.32. The number of aromatic hydroxyl groups is 1. The number of amides is 1. The summed E-state index contributed by atoms with van der Waals surface area (Å²) in [6.07, 6.45) is 6.45. The number of anilines is 1. The lowest BCUT2D eigenvalue weighted by Gasteiger charge is -2.40. The summed E-state index contributed by atoms with van der Waals surface area (Å²) < 4.78 is 5.35. The minimum Gasteiger partial charge on any atom is -0.504 e. The Hall–Kier alpha value is -1.62. The first-order chi connectivity index (χ1) is 9.18. The fourth-order valence-electron chi connectivity index (χ4n) is 2.35. The first-order valence-corrected chi connectivity index (χ1v) is 6.70. The summed E-state index contributed by atoms with van der Waals surface area (Å²) in [5.41, 5.74) is 0.0907. The van der Waals surface area contributed by atoms with Crippen molar-refractivity contribution in [1.29, 1.82) is 0 Å². The van der Waals surface area contributed by atoms with E-state index in [4.69, 9.17) is 4.74 Å². The van der Waals surface area contributed by atoms with Gasteiger partial charge in [0.05, 0.1) is 17.3 Å². The molecular formula is C14H20N2O3. The maximum Gasteiger partial charge on any atom is 0.230 e. The minimum atomic E-state index is -0.328. The van der Waals surface area contributed by atoms with E-state index < -0.39 is 0 Å². The third-order valence-corrected chi connectivity index (χ3v) is 3.77. The molecule has 1 aromatic heterocycles. The fourth-order valence-corrected chi connectivity index (χ4v) is 2.35. The number of nitrogens with one attached hydrogen (secondary N) is 1. The van der Waals surface area contributed by atoms with Gasteiger partial charge in [0.15, 0.2) is 5.75 Å². The number of carbonyl (C=O) groups is 1. The summed E-state index contributed by atoms with van der Waals surface area (Å²) in [5.74, 6) is -0.0323. The second-order valence-electron chi connectivity index (χ2n) is 4.93. The van der Waals surface area contributed by atoms with E-state index in [2.05, 4.69) is 10.3 Å². The molecule has 1 aliphatic carbocycles. The van der Waals surface area contributed by atoms with Crippen LogP contribution in [-0.2, 0) is 9.53 Å². The van der Waals surface area contributed by atoms with Crippen molar-refractivity contribution in [3.63, 3.8) is 0 Å². The van der Waals surface area contributed by atoms with Crippen LogP contribution in [0.15, 0.2) is 18.5 Å². The maximum atomic E-state index is 12.4. The second kappa shape index (κ2) is 6.02. The normalized spacial score (nSPS) is 16.7. The van der Waals surface area contributed by atoms with Gasteiger partial charge in [-0.05, 0) is 32.3 Å². The topological polar surface area (TPSA) is 71.5 Å². The van der Waals surface area contributed by atoms with Gasteiger partial charge in [0, 0.05) is 19.4 Å². The van der Waals surface area contributed by atoms with Crippen LogP contribution in [0.5, 0.6) is 5.75 Å². The number of nitrogens with zero attached hydrogens (tertiary/aromatic N) is 1. The molecule has 0 aliphatic heterocycles. The van der Waals surface area contributed by atoms with Crippen LogP contribution in [0.3, 0.4) is 0 Å². The van der Waals surface area contributed by atoms with Crippen LogP contribution in [-0.4, -0.2) is 29.2 Å². The van der Waals surface area contributed by atoms with Crippen molar-refractivity contribution in [2.75, 3.05) is 18.5 Å². The zero-order valence-corrected chi connectivity index (χ0v) is 11.2. The number of aromatic nitrogens is 1. The van der Waals surface area contributed by atoms with Crippen molar-refractivity contribution < 1.29 is 14.6 Å². The smallest absolute Gasteiger partial charge is 0.230 e. The average molecular weight is 264 g/mol. The summed E-state index contributed by atoms with van der Waals surface area (Å²) in [5, 5.41) is 12.4. The lowest BCUT2D eigenvalue weighted by molar-refractivity contribution is -0.132. The second-order valence-corrected chi connectivity index (χ2v) is 4.93. The number of carbonyl (C=O) groups excluding carboxylic acids is 1. The highest BCUT2D eigenvalue weighted by Gasteiger charge is 2.43. The Morgan fingerprint density at radius 1 is 1.58 bits per heavy atom. The zero-order chi connectivity index (χ0) is 13.7. The monoisotopic (exact) mass is 264 g/mol. The van der Waals surface area contributed by atoms with E-state index in [1.807, 2.05) is 6.92 Å². The van der Waals surface area contributed by atoms with E-state index in [-0.39, 0.29) is 17.1 Å². The Labute approximate surface area is 113 Å². The largest absolute Gasteiger partial charge is 0.504 e. The van der Waals surface area contributed by atoms with Gasteiger partial charge in [0.2, 0.25) is 5.91 Å². The Morgan fingerprint density at radius 2 is 2.37 bits per heavy atom. The number of hydrogen-bond donors (Lipinski definition) is 2. The molecule has 1 saturated carbocycles. The highest BCUT2D eigenvalue weighted by Crippen LogP contribution is 2.45. The molecular weight excluding hydrogens is 244 g/mol. The van der Waals surface area contributed by atoms with Crippen LogP contribution in [0.4, 0.5) is 5.69 Å². The van der Waals surface area contributed by atoms with Gasteiger partial charge in [0.1, 0.15) is 0 Å². The third kappa shape index (κ3) is 3.04. The molecule has 0 radical (unpaired) electrons. The van der Waals surface area contributed by atoms with E-state index in [0.717, 1.165) is 25.7 Å².